The lowest BCUT2D eigenvalue weighted by atomic mass is 10.1. The molecule has 1 aliphatic rings. The number of anilines is 1. The number of hydrogen-bond acceptors (Lipinski definition) is 7. The second kappa shape index (κ2) is 10.0. The minimum absolute atomic E-state index is 0.00834. The molecule has 1 N–H and O–H groups in total. The molecule has 0 bridgehead atoms. The molecule has 1 aromatic heterocycles. The second-order valence-corrected chi connectivity index (χ2v) is 8.54. The summed E-state index contributed by atoms with van der Waals surface area (Å²) in [6.07, 6.45) is -0.110. The Morgan fingerprint density at radius 1 is 1.23 bits per heavy atom. The van der Waals surface area contributed by atoms with Crippen LogP contribution in [-0.4, -0.2) is 51.0 Å². The molecule has 1 fully saturated rings. The zero-order chi connectivity index (χ0) is 25.1. The summed E-state index contributed by atoms with van der Waals surface area (Å²) in [5.41, 5.74) is 2.54. The largest absolute Gasteiger partial charge is 0.858 e. The summed E-state index contributed by atoms with van der Waals surface area (Å²) in [6, 6.07) is 15.1. The Labute approximate surface area is 207 Å². The Bertz CT molecular complexity index is 1290. The van der Waals surface area contributed by atoms with E-state index in [1.54, 1.807) is 61.5 Å². The molecular weight excluding hydrogens is 468 g/mol. The third-order valence-corrected chi connectivity index (χ3v) is 6.18. The van der Waals surface area contributed by atoms with E-state index < -0.39 is 11.9 Å². The van der Waals surface area contributed by atoms with E-state index in [1.165, 1.54) is 9.58 Å². The van der Waals surface area contributed by atoms with E-state index in [2.05, 4.69) is 15.6 Å². The first-order valence-corrected chi connectivity index (χ1v) is 11.3. The summed E-state index contributed by atoms with van der Waals surface area (Å²) < 4.78 is 6.69. The summed E-state index contributed by atoms with van der Waals surface area (Å²) >= 11 is 5.48. The predicted molar refractivity (Wildman–Crippen MR) is 129 cm³/mol. The highest BCUT2D eigenvalue weighted by molar-refractivity contribution is 7.80. The van der Waals surface area contributed by atoms with Crippen molar-refractivity contribution in [2.75, 3.05) is 12.4 Å². The fraction of sp³-hybridized carbons (Fsp3) is 0.250. The van der Waals surface area contributed by atoms with Crippen molar-refractivity contribution in [3.05, 3.63) is 71.4 Å². The second-order valence-electron chi connectivity index (χ2n) is 8.17. The maximum atomic E-state index is 12.9. The molecule has 3 aromatic rings. The van der Waals surface area contributed by atoms with Crippen molar-refractivity contribution < 1.29 is 23.9 Å². The van der Waals surface area contributed by atoms with Crippen molar-refractivity contribution in [3.8, 4) is 0 Å². The van der Waals surface area contributed by atoms with Crippen LogP contribution in [0.1, 0.15) is 23.2 Å². The van der Waals surface area contributed by atoms with Crippen molar-refractivity contribution in [2.45, 2.75) is 25.9 Å². The molecule has 0 saturated carbocycles. The Kier molecular flexibility index (Phi) is 6.87. The molecule has 2 heterocycles. The van der Waals surface area contributed by atoms with Gasteiger partial charge in [0.2, 0.25) is 11.2 Å². The molecule has 1 atom stereocenters. The molecule has 2 aromatic carbocycles. The van der Waals surface area contributed by atoms with Gasteiger partial charge in [-0.25, -0.2) is 4.99 Å². The highest BCUT2D eigenvalue weighted by atomic mass is 32.1. The van der Waals surface area contributed by atoms with Crippen LogP contribution in [0, 0.1) is 6.92 Å². The van der Waals surface area contributed by atoms with Gasteiger partial charge in [0, 0.05) is 12.7 Å². The Morgan fingerprint density at radius 2 is 1.91 bits per heavy atom. The minimum Gasteiger partial charge on any atom is -0.858 e. The number of rotatable bonds is 7. The first-order chi connectivity index (χ1) is 16.7. The van der Waals surface area contributed by atoms with Crippen LogP contribution in [0.25, 0.3) is 0 Å². The van der Waals surface area contributed by atoms with Gasteiger partial charge in [0.25, 0.3) is 11.6 Å². The van der Waals surface area contributed by atoms with Crippen LogP contribution < -0.4 is 15.1 Å². The van der Waals surface area contributed by atoms with Gasteiger partial charge in [-0.05, 0) is 47.4 Å². The minimum atomic E-state index is -0.828. The molecule has 180 valence electrons. The third-order valence-electron chi connectivity index (χ3n) is 5.67. The summed E-state index contributed by atoms with van der Waals surface area (Å²) in [5, 5.41) is 19.5. The van der Waals surface area contributed by atoms with Gasteiger partial charge in [-0.1, -0.05) is 48.0 Å². The lowest BCUT2D eigenvalue weighted by molar-refractivity contribution is -0.746. The highest BCUT2D eigenvalue weighted by Gasteiger charge is 2.43. The zero-order valence-electron chi connectivity index (χ0n) is 19.5. The number of thiocarbonyl (C=S) groups is 1. The number of nitrogens with one attached hydrogen (secondary N) is 1. The van der Waals surface area contributed by atoms with E-state index in [9.17, 15) is 14.7 Å². The first kappa shape index (κ1) is 24.0. The van der Waals surface area contributed by atoms with E-state index >= 15 is 0 Å². The Morgan fingerprint density at radius 3 is 2.60 bits per heavy atom. The molecule has 2 amide bonds. The molecule has 11 heteroatoms. The van der Waals surface area contributed by atoms with E-state index in [-0.39, 0.29) is 35.8 Å². The molecule has 0 radical (unpaired) electrons. The number of carbonyl (C=O) groups is 2. The van der Waals surface area contributed by atoms with E-state index in [0.29, 0.717) is 16.9 Å². The summed E-state index contributed by atoms with van der Waals surface area (Å²) in [7, 11) is 3.20. The highest BCUT2D eigenvalue weighted by Crippen LogP contribution is 2.25. The Hall–Kier alpha value is -4.12. The van der Waals surface area contributed by atoms with Crippen LogP contribution in [0.5, 0.6) is 0 Å². The number of aliphatic imine (C=N–C) groups is 1. The van der Waals surface area contributed by atoms with Crippen molar-refractivity contribution in [2.24, 2.45) is 12.0 Å². The van der Waals surface area contributed by atoms with Crippen LogP contribution in [-0.2, 0) is 23.2 Å². The third kappa shape index (κ3) is 5.19. The quantitative estimate of drug-likeness (QED) is 0.228. The SMILES string of the molecule is Cc1ccc(NC(=O)CC2C(=O)N(C)C(=S)N2Cc2c(/N=C(\[O-])c3ccccc3)on[n+]2C)cc1. The van der Waals surface area contributed by atoms with Crippen molar-refractivity contribution in [3.63, 3.8) is 0 Å². The van der Waals surface area contributed by atoms with E-state index in [0.717, 1.165) is 5.56 Å². The van der Waals surface area contributed by atoms with Gasteiger partial charge in [0.15, 0.2) is 12.2 Å². The number of benzene rings is 2. The monoisotopic (exact) mass is 492 g/mol. The summed E-state index contributed by atoms with van der Waals surface area (Å²) in [4.78, 5) is 32.7. The van der Waals surface area contributed by atoms with Gasteiger partial charge in [0.05, 0.1) is 6.42 Å². The fourth-order valence-corrected chi connectivity index (χ4v) is 3.95. The van der Waals surface area contributed by atoms with Crippen molar-refractivity contribution >= 4 is 46.6 Å². The van der Waals surface area contributed by atoms with Crippen molar-refractivity contribution in [1.29, 1.82) is 0 Å². The first-order valence-electron chi connectivity index (χ1n) is 10.8. The zero-order valence-corrected chi connectivity index (χ0v) is 20.3. The molecule has 1 saturated heterocycles. The van der Waals surface area contributed by atoms with Gasteiger partial charge in [-0.2, -0.15) is 0 Å². The Balaban J connectivity index is 1.56. The number of nitrogens with zero attached hydrogens (tertiary/aromatic N) is 5. The molecule has 0 spiro atoms. The van der Waals surface area contributed by atoms with Crippen LogP contribution >= 0.6 is 12.2 Å². The average molecular weight is 493 g/mol. The van der Waals surface area contributed by atoms with Gasteiger partial charge < -0.3 is 15.3 Å². The number of likely N-dealkylation sites (N-methyl/N-ethyl adjacent to an activating group) is 1. The molecule has 1 unspecified atom stereocenters. The van der Waals surface area contributed by atoms with Gasteiger partial charge in [-0.15, -0.1) is 0 Å². The number of hydrogen-bond donors (Lipinski definition) is 1. The number of aromatic nitrogens is 2. The molecule has 4 rings (SSSR count). The molecule has 35 heavy (non-hydrogen) atoms. The number of aryl methyl sites for hydroxylation is 2. The van der Waals surface area contributed by atoms with Gasteiger partial charge in [0.1, 0.15) is 12.6 Å². The standard InChI is InChI=1S/C24H24N6O4S/c1-15-9-11-17(12-10-15)25-20(31)13-18-23(33)28(2)24(35)30(18)14-19-22(34-27-29(19)3)26-21(32)16-7-5-4-6-8-16/h4-12,18H,13-14H2,1-3H3,(H-,25,26,27,31,32). The lowest BCUT2D eigenvalue weighted by Gasteiger charge is -2.21. The van der Waals surface area contributed by atoms with Crippen LogP contribution in [0.2, 0.25) is 0 Å². The van der Waals surface area contributed by atoms with E-state index in [1.807, 2.05) is 19.1 Å². The topological polar surface area (TPSA) is 118 Å². The van der Waals surface area contributed by atoms with Gasteiger partial charge >= 0.3 is 5.88 Å². The average Bonchev–Trinajstić information content (AvgIpc) is 3.28. The summed E-state index contributed by atoms with van der Waals surface area (Å²) in [6.45, 7) is 2.02. The molecule has 0 aliphatic carbocycles. The van der Waals surface area contributed by atoms with Crippen LogP contribution in [0.3, 0.4) is 0 Å². The molecule has 1 aliphatic heterocycles. The normalized spacial score (nSPS) is 16.2. The molecular formula is C24H24N6O4S. The van der Waals surface area contributed by atoms with Crippen LogP contribution in [0.4, 0.5) is 11.6 Å². The predicted octanol–water partition coefficient (Wildman–Crippen LogP) is 1.20. The number of carbonyl (C=O) groups excluding carboxylic acids is 2. The smallest absolute Gasteiger partial charge is 0.325 e. The lowest BCUT2D eigenvalue weighted by Crippen LogP contribution is -2.42. The maximum absolute atomic E-state index is 12.9. The summed E-state index contributed by atoms with van der Waals surface area (Å²) in [5.74, 6) is -1.11. The van der Waals surface area contributed by atoms with Gasteiger partial charge in [-0.3, -0.25) is 19.0 Å². The van der Waals surface area contributed by atoms with E-state index in [4.69, 9.17) is 16.7 Å². The number of amides is 2. The molecule has 10 nitrogen and oxygen atoms in total. The fourth-order valence-electron chi connectivity index (χ4n) is 3.67. The van der Waals surface area contributed by atoms with Crippen LogP contribution in [0.15, 0.2) is 64.1 Å². The maximum Gasteiger partial charge on any atom is 0.325 e. The van der Waals surface area contributed by atoms with Crippen molar-refractivity contribution in [1.82, 2.24) is 15.1 Å².